The highest BCUT2D eigenvalue weighted by Crippen LogP contribution is 2.41. The van der Waals surface area contributed by atoms with Crippen LogP contribution in [-0.4, -0.2) is 72.8 Å². The average Bonchev–Trinajstić information content (AvgIpc) is 3.58. The number of carbonyl (C=O) groups is 1. The number of aryl methyl sites for hydroxylation is 1. The lowest BCUT2D eigenvalue weighted by molar-refractivity contribution is 0.0291. The molecule has 1 amide bonds. The van der Waals surface area contributed by atoms with Crippen molar-refractivity contribution >= 4 is 5.91 Å². The Balaban J connectivity index is 1.16. The van der Waals surface area contributed by atoms with Gasteiger partial charge in [-0.15, -0.1) is 0 Å². The van der Waals surface area contributed by atoms with Crippen LogP contribution >= 0.6 is 0 Å². The van der Waals surface area contributed by atoms with Crippen LogP contribution in [0.3, 0.4) is 0 Å². The Hall–Kier alpha value is -2.97. The third kappa shape index (κ3) is 6.53. The van der Waals surface area contributed by atoms with Crippen molar-refractivity contribution in [1.29, 1.82) is 0 Å². The SMILES string of the molecule is CC(C)CN1CCC2(CCN(Cc3ccc(C(=O)N(Cc4ncc[nH]4)Cc4nccn4C)cc3)CC2)CC1. The molecule has 4 heterocycles. The van der Waals surface area contributed by atoms with Crippen LogP contribution in [0.1, 0.15) is 67.1 Å². The number of piperidine rings is 2. The molecule has 0 saturated carbocycles. The van der Waals surface area contributed by atoms with Crippen molar-refractivity contribution in [3.8, 4) is 0 Å². The van der Waals surface area contributed by atoms with Gasteiger partial charge in [-0.1, -0.05) is 26.0 Å². The van der Waals surface area contributed by atoms with Gasteiger partial charge >= 0.3 is 0 Å². The number of nitrogens with one attached hydrogen (secondary N) is 1. The van der Waals surface area contributed by atoms with Gasteiger partial charge in [-0.2, -0.15) is 0 Å². The topological polar surface area (TPSA) is 73.3 Å². The summed E-state index contributed by atoms with van der Waals surface area (Å²) in [5.74, 6) is 2.35. The van der Waals surface area contributed by atoms with Crippen LogP contribution in [0.4, 0.5) is 0 Å². The number of H-pyrrole nitrogens is 1. The summed E-state index contributed by atoms with van der Waals surface area (Å²) in [6.07, 6.45) is 12.5. The molecule has 2 aliphatic rings. The fraction of sp³-hybridized carbons (Fsp3) is 0.567. The molecule has 1 spiro atoms. The maximum Gasteiger partial charge on any atom is 0.254 e. The molecule has 0 radical (unpaired) electrons. The summed E-state index contributed by atoms with van der Waals surface area (Å²) >= 11 is 0. The molecule has 8 heteroatoms. The zero-order valence-corrected chi connectivity index (χ0v) is 23.3. The Morgan fingerprint density at radius 2 is 1.66 bits per heavy atom. The van der Waals surface area contributed by atoms with Gasteiger partial charge in [0, 0.05) is 50.5 Å². The molecule has 2 aliphatic heterocycles. The van der Waals surface area contributed by atoms with E-state index >= 15 is 0 Å². The minimum atomic E-state index is -0.0142. The maximum atomic E-state index is 13.5. The Morgan fingerprint density at radius 3 is 2.24 bits per heavy atom. The predicted molar refractivity (Wildman–Crippen MR) is 149 cm³/mol. The fourth-order valence-electron chi connectivity index (χ4n) is 6.09. The number of amides is 1. The van der Waals surface area contributed by atoms with Crippen LogP contribution in [0.15, 0.2) is 49.1 Å². The van der Waals surface area contributed by atoms with Crippen molar-refractivity contribution in [1.82, 2.24) is 34.2 Å². The highest BCUT2D eigenvalue weighted by Gasteiger charge is 2.37. The van der Waals surface area contributed by atoms with E-state index in [4.69, 9.17) is 0 Å². The first kappa shape index (κ1) is 26.6. The maximum absolute atomic E-state index is 13.5. The van der Waals surface area contributed by atoms with Gasteiger partial charge in [0.1, 0.15) is 11.6 Å². The van der Waals surface area contributed by atoms with Crippen LogP contribution in [0, 0.1) is 11.3 Å². The van der Waals surface area contributed by atoms with E-state index in [-0.39, 0.29) is 5.91 Å². The molecule has 3 aromatic rings. The van der Waals surface area contributed by atoms with E-state index in [0.717, 1.165) is 24.1 Å². The van der Waals surface area contributed by atoms with Crippen molar-refractivity contribution in [3.63, 3.8) is 0 Å². The van der Waals surface area contributed by atoms with E-state index in [0.29, 0.717) is 24.1 Å². The van der Waals surface area contributed by atoms with Crippen molar-refractivity contribution < 1.29 is 4.79 Å². The number of likely N-dealkylation sites (tertiary alicyclic amines) is 2. The second-order valence-corrected chi connectivity index (χ2v) is 11.8. The van der Waals surface area contributed by atoms with Crippen LogP contribution in [0.25, 0.3) is 0 Å². The molecule has 2 saturated heterocycles. The molecular formula is C30H43N7O. The molecule has 8 nitrogen and oxygen atoms in total. The summed E-state index contributed by atoms with van der Waals surface area (Å²) in [6, 6.07) is 8.18. The Morgan fingerprint density at radius 1 is 0.974 bits per heavy atom. The number of hydrogen-bond acceptors (Lipinski definition) is 5. The van der Waals surface area contributed by atoms with Gasteiger partial charge in [-0.3, -0.25) is 9.69 Å². The smallest absolute Gasteiger partial charge is 0.254 e. The summed E-state index contributed by atoms with van der Waals surface area (Å²) in [5.41, 5.74) is 2.52. The first-order valence-corrected chi connectivity index (χ1v) is 14.2. The first-order valence-electron chi connectivity index (χ1n) is 14.2. The second-order valence-electron chi connectivity index (χ2n) is 11.8. The van der Waals surface area contributed by atoms with E-state index in [1.807, 2.05) is 29.9 Å². The van der Waals surface area contributed by atoms with Gasteiger partial charge in [0.2, 0.25) is 0 Å². The Labute approximate surface area is 227 Å². The summed E-state index contributed by atoms with van der Waals surface area (Å²) in [5, 5.41) is 0. The summed E-state index contributed by atoms with van der Waals surface area (Å²) in [7, 11) is 1.95. The summed E-state index contributed by atoms with van der Waals surface area (Å²) in [4.78, 5) is 32.4. The first-order chi connectivity index (χ1) is 18.4. The minimum Gasteiger partial charge on any atom is -0.347 e. The number of hydrogen-bond donors (Lipinski definition) is 1. The molecule has 0 unspecified atom stereocenters. The number of aromatic nitrogens is 4. The lowest BCUT2D eigenvalue weighted by Crippen LogP contribution is -2.47. The largest absolute Gasteiger partial charge is 0.347 e. The van der Waals surface area contributed by atoms with Crippen LogP contribution in [0.2, 0.25) is 0 Å². The second kappa shape index (κ2) is 11.8. The number of aromatic amines is 1. The lowest BCUT2D eigenvalue weighted by Gasteiger charge is -2.47. The molecule has 2 aromatic heterocycles. The summed E-state index contributed by atoms with van der Waals surface area (Å²) < 4.78 is 1.95. The Bertz CT molecular complexity index is 1150. The molecule has 1 N–H and O–H groups in total. The van der Waals surface area contributed by atoms with E-state index in [9.17, 15) is 4.79 Å². The third-order valence-electron chi connectivity index (χ3n) is 8.50. The third-order valence-corrected chi connectivity index (χ3v) is 8.50. The lowest BCUT2D eigenvalue weighted by atomic mass is 9.71. The van der Waals surface area contributed by atoms with E-state index in [1.165, 1.54) is 64.0 Å². The standard InChI is InChI=1S/C30H43N7O/c1-24(2)20-35-15-8-30(9-16-35)10-17-36(18-11-30)21-25-4-6-26(7-5-25)29(38)37(22-27-31-12-13-32-27)23-28-33-14-19-34(28)3/h4-7,12-14,19,24H,8-11,15-18,20-23H2,1-3H3,(H,31,32). The minimum absolute atomic E-state index is 0.0142. The molecule has 2 fully saturated rings. The van der Waals surface area contributed by atoms with Gasteiger partial charge in [0.05, 0.1) is 13.1 Å². The molecule has 0 atom stereocenters. The van der Waals surface area contributed by atoms with Gasteiger partial charge in [0.25, 0.3) is 5.91 Å². The highest BCUT2D eigenvalue weighted by atomic mass is 16.2. The van der Waals surface area contributed by atoms with E-state index in [1.54, 1.807) is 23.5 Å². The predicted octanol–water partition coefficient (Wildman–Crippen LogP) is 4.32. The zero-order chi connectivity index (χ0) is 26.5. The molecule has 38 heavy (non-hydrogen) atoms. The van der Waals surface area contributed by atoms with Gasteiger partial charge in [-0.05, 0) is 80.9 Å². The monoisotopic (exact) mass is 517 g/mol. The number of imidazole rings is 2. The highest BCUT2D eigenvalue weighted by molar-refractivity contribution is 5.94. The van der Waals surface area contributed by atoms with E-state index in [2.05, 4.69) is 50.7 Å². The molecule has 0 aliphatic carbocycles. The van der Waals surface area contributed by atoms with Crippen molar-refractivity contribution in [3.05, 3.63) is 71.8 Å². The van der Waals surface area contributed by atoms with Gasteiger partial charge < -0.3 is 19.4 Å². The normalized spacial score (nSPS) is 18.3. The Kier molecular flexibility index (Phi) is 8.29. The molecule has 0 bridgehead atoms. The van der Waals surface area contributed by atoms with Crippen LogP contribution in [0.5, 0.6) is 0 Å². The van der Waals surface area contributed by atoms with Crippen molar-refractivity contribution in [2.75, 3.05) is 32.7 Å². The summed E-state index contributed by atoms with van der Waals surface area (Å²) in [6.45, 7) is 12.6. The van der Waals surface area contributed by atoms with Crippen molar-refractivity contribution in [2.45, 2.75) is 59.2 Å². The molecule has 5 rings (SSSR count). The molecular weight excluding hydrogens is 474 g/mol. The van der Waals surface area contributed by atoms with E-state index < -0.39 is 0 Å². The number of benzene rings is 1. The zero-order valence-electron chi connectivity index (χ0n) is 23.3. The van der Waals surface area contributed by atoms with Crippen molar-refractivity contribution in [2.24, 2.45) is 18.4 Å². The molecule has 204 valence electrons. The number of rotatable bonds is 9. The van der Waals surface area contributed by atoms with Crippen LogP contribution < -0.4 is 0 Å². The number of carbonyl (C=O) groups excluding carboxylic acids is 1. The van der Waals surface area contributed by atoms with Gasteiger partial charge in [0.15, 0.2) is 0 Å². The average molecular weight is 518 g/mol. The van der Waals surface area contributed by atoms with Gasteiger partial charge in [-0.25, -0.2) is 9.97 Å². The number of nitrogens with zero attached hydrogens (tertiary/aromatic N) is 6. The van der Waals surface area contributed by atoms with Crippen LogP contribution in [-0.2, 0) is 26.7 Å². The quantitative estimate of drug-likeness (QED) is 0.458. The fourth-order valence-corrected chi connectivity index (χ4v) is 6.09. The molecule has 1 aromatic carbocycles.